The van der Waals surface area contributed by atoms with Crippen molar-refractivity contribution in [2.24, 2.45) is 0 Å². The number of hydrogen-bond donors (Lipinski definition) is 2. The lowest BCUT2D eigenvalue weighted by Crippen LogP contribution is -2.35. The molecule has 2 aromatic rings. The molecule has 210 valence electrons. The van der Waals surface area contributed by atoms with Crippen molar-refractivity contribution in [1.29, 1.82) is 0 Å². The smallest absolute Gasteiger partial charge is 0.475 e. The van der Waals surface area contributed by atoms with Crippen molar-refractivity contribution in [1.82, 2.24) is 20.5 Å². The summed E-state index contributed by atoms with van der Waals surface area (Å²) in [5.41, 5.74) is 3.63. The Kier molecular flexibility index (Phi) is 10.9. The van der Waals surface area contributed by atoms with Crippen LogP contribution >= 0.6 is 0 Å². The molecule has 2 fully saturated rings. The topological polar surface area (TPSA) is 123 Å². The van der Waals surface area contributed by atoms with Gasteiger partial charge in [0.2, 0.25) is 0 Å². The van der Waals surface area contributed by atoms with E-state index in [-0.39, 0.29) is 17.9 Å². The van der Waals surface area contributed by atoms with E-state index < -0.39 is 29.7 Å². The molecule has 2 aliphatic heterocycles. The molecule has 2 saturated heterocycles. The number of carboxylic acids is 1. The van der Waals surface area contributed by atoms with Crippen LogP contribution in [-0.2, 0) is 19.2 Å². The molecule has 0 saturated carbocycles. The number of amides is 1. The third-order valence-electron chi connectivity index (χ3n) is 4.69. The highest BCUT2D eigenvalue weighted by Crippen LogP contribution is 2.31. The maximum atomic E-state index is 13.2. The molecule has 0 aromatic carbocycles. The van der Waals surface area contributed by atoms with Crippen molar-refractivity contribution in [2.75, 3.05) is 13.2 Å². The Hall–Kier alpha value is -3.43. The van der Waals surface area contributed by atoms with Crippen LogP contribution in [0.15, 0.2) is 36.9 Å². The number of nitrogens with one attached hydrogen (secondary N) is 1. The zero-order valence-electron chi connectivity index (χ0n) is 20.7. The lowest BCUT2D eigenvalue weighted by molar-refractivity contribution is -0.192. The predicted octanol–water partition coefficient (Wildman–Crippen LogP) is 4.65. The summed E-state index contributed by atoms with van der Waals surface area (Å²) in [5.74, 6) is -3.50. The van der Waals surface area contributed by atoms with Crippen molar-refractivity contribution in [3.05, 3.63) is 59.7 Å². The van der Waals surface area contributed by atoms with Crippen LogP contribution in [0.3, 0.4) is 0 Å². The fourth-order valence-electron chi connectivity index (χ4n) is 3.12. The monoisotopic (exact) mass is 550 g/mol. The zero-order chi connectivity index (χ0) is 28.5. The van der Waals surface area contributed by atoms with Gasteiger partial charge in [-0.1, -0.05) is 0 Å². The molecule has 4 rings (SSSR count). The van der Waals surface area contributed by atoms with Crippen LogP contribution in [0.2, 0.25) is 0 Å². The molecule has 2 unspecified atom stereocenters. The minimum Gasteiger partial charge on any atom is -0.475 e. The number of hydrogen-bond acceptors (Lipinski definition) is 8. The van der Waals surface area contributed by atoms with E-state index in [1.807, 2.05) is 0 Å². The highest BCUT2D eigenvalue weighted by Gasteiger charge is 2.38. The SMILES string of the molecule is CC(C)(C)OC(=O)N1OCCC1c1cncc(F)c1.Fc1cncc(C2CCON2)c1.O=C(O)C(F)(F)F. The molecule has 1 amide bonds. The van der Waals surface area contributed by atoms with E-state index in [1.165, 1.54) is 24.5 Å². The van der Waals surface area contributed by atoms with E-state index in [9.17, 15) is 26.7 Å². The average Bonchev–Trinajstić information content (AvgIpc) is 3.51. The molecule has 0 radical (unpaired) electrons. The van der Waals surface area contributed by atoms with E-state index in [0.29, 0.717) is 25.2 Å². The molecule has 0 spiro atoms. The van der Waals surface area contributed by atoms with Crippen LogP contribution in [0.1, 0.15) is 56.8 Å². The normalized spacial score (nSPS) is 19.1. The molecule has 15 heteroatoms. The number of pyridine rings is 2. The molecular formula is C23H27F5N4O6. The first-order valence-electron chi connectivity index (χ1n) is 11.2. The van der Waals surface area contributed by atoms with Crippen LogP contribution in [0.4, 0.5) is 26.7 Å². The Morgan fingerprint density at radius 1 is 1.00 bits per heavy atom. The first-order chi connectivity index (χ1) is 17.7. The van der Waals surface area contributed by atoms with Gasteiger partial charge < -0.3 is 14.7 Å². The van der Waals surface area contributed by atoms with E-state index in [1.54, 1.807) is 27.0 Å². The summed E-state index contributed by atoms with van der Waals surface area (Å²) < 4.78 is 62.9. The van der Waals surface area contributed by atoms with Gasteiger partial charge >= 0.3 is 18.2 Å². The Bertz CT molecular complexity index is 1080. The number of aromatic nitrogens is 2. The van der Waals surface area contributed by atoms with Crippen LogP contribution in [0.25, 0.3) is 0 Å². The second kappa shape index (κ2) is 13.4. The summed E-state index contributed by atoms with van der Waals surface area (Å²) in [4.78, 5) is 38.7. The summed E-state index contributed by atoms with van der Waals surface area (Å²) in [7, 11) is 0. The Morgan fingerprint density at radius 3 is 2.03 bits per heavy atom. The maximum Gasteiger partial charge on any atom is 0.490 e. The second-order valence-electron chi connectivity index (χ2n) is 8.93. The molecule has 2 atom stereocenters. The fourth-order valence-corrected chi connectivity index (χ4v) is 3.12. The number of ether oxygens (including phenoxy) is 1. The second-order valence-corrected chi connectivity index (χ2v) is 8.93. The third kappa shape index (κ3) is 10.1. The molecule has 0 aliphatic carbocycles. The van der Waals surface area contributed by atoms with Crippen LogP contribution in [0, 0.1) is 11.6 Å². The van der Waals surface area contributed by atoms with Gasteiger partial charge in [0.1, 0.15) is 17.2 Å². The number of hydroxylamine groups is 3. The van der Waals surface area contributed by atoms with Gasteiger partial charge in [-0.05, 0) is 50.5 Å². The quantitative estimate of drug-likeness (QED) is 0.514. The van der Waals surface area contributed by atoms with Gasteiger partial charge in [0.25, 0.3) is 0 Å². The van der Waals surface area contributed by atoms with Crippen molar-refractivity contribution in [3.8, 4) is 0 Å². The van der Waals surface area contributed by atoms with Gasteiger partial charge in [0, 0.05) is 18.8 Å². The Morgan fingerprint density at radius 2 is 1.55 bits per heavy atom. The van der Waals surface area contributed by atoms with Gasteiger partial charge in [0.15, 0.2) is 0 Å². The number of aliphatic carboxylic acids is 1. The van der Waals surface area contributed by atoms with Crippen LogP contribution in [-0.4, -0.2) is 57.2 Å². The Balaban J connectivity index is 0.000000227. The molecule has 4 heterocycles. The zero-order valence-corrected chi connectivity index (χ0v) is 20.7. The number of alkyl halides is 3. The molecular weight excluding hydrogens is 523 g/mol. The minimum atomic E-state index is -5.08. The van der Waals surface area contributed by atoms with E-state index in [2.05, 4.69) is 15.4 Å². The van der Waals surface area contributed by atoms with Crippen molar-refractivity contribution >= 4 is 12.1 Å². The van der Waals surface area contributed by atoms with Crippen molar-refractivity contribution in [2.45, 2.75) is 57.5 Å². The number of halogens is 5. The van der Waals surface area contributed by atoms with Gasteiger partial charge in [-0.15, -0.1) is 0 Å². The van der Waals surface area contributed by atoms with Crippen LogP contribution < -0.4 is 5.48 Å². The molecule has 38 heavy (non-hydrogen) atoms. The summed E-state index contributed by atoms with van der Waals surface area (Å²) in [5, 5.41) is 8.28. The number of carboxylic acid groups (broad SMARTS) is 1. The van der Waals surface area contributed by atoms with Crippen LogP contribution in [0.5, 0.6) is 0 Å². The summed E-state index contributed by atoms with van der Waals surface area (Å²) in [6, 6.07) is 2.55. The lowest BCUT2D eigenvalue weighted by Gasteiger charge is -2.26. The molecule has 2 aromatic heterocycles. The highest BCUT2D eigenvalue weighted by molar-refractivity contribution is 5.73. The van der Waals surface area contributed by atoms with Crippen molar-refractivity contribution < 1.29 is 51.1 Å². The number of rotatable bonds is 2. The molecule has 0 bridgehead atoms. The summed E-state index contributed by atoms with van der Waals surface area (Å²) in [6.45, 7) is 6.39. The minimum absolute atomic E-state index is 0.0909. The third-order valence-corrected chi connectivity index (χ3v) is 4.69. The Labute approximate surface area is 214 Å². The average molecular weight is 550 g/mol. The molecule has 10 nitrogen and oxygen atoms in total. The maximum absolute atomic E-state index is 13.2. The number of carbonyl (C=O) groups is 2. The summed E-state index contributed by atoms with van der Waals surface area (Å²) >= 11 is 0. The van der Waals surface area contributed by atoms with Crippen molar-refractivity contribution in [3.63, 3.8) is 0 Å². The molecule has 2 aliphatic rings. The standard InChI is InChI=1S/C13H17FN2O3.C8H9FN2O.C2HF3O2/c1-13(2,3)19-12(17)16-11(4-5-18-16)9-6-10(14)8-15-7-9;9-7-3-6(4-10-5-7)8-1-2-12-11-8;3-2(4,5)1(6)7/h6-8,11H,4-5H2,1-3H3;3-5,8,11H,1-2H2;(H,6,7). The van der Waals surface area contributed by atoms with Gasteiger partial charge in [0.05, 0.1) is 37.7 Å². The number of nitrogens with zero attached hydrogens (tertiary/aromatic N) is 3. The lowest BCUT2D eigenvalue weighted by atomic mass is 10.1. The van der Waals surface area contributed by atoms with Gasteiger partial charge in [-0.3, -0.25) is 14.8 Å². The van der Waals surface area contributed by atoms with E-state index in [4.69, 9.17) is 24.3 Å². The first kappa shape index (κ1) is 30.8. The van der Waals surface area contributed by atoms with E-state index >= 15 is 0 Å². The predicted molar refractivity (Wildman–Crippen MR) is 120 cm³/mol. The van der Waals surface area contributed by atoms with Gasteiger partial charge in [-0.25, -0.2) is 18.4 Å². The molecule has 2 N–H and O–H groups in total. The number of carbonyl (C=O) groups excluding carboxylic acids is 1. The largest absolute Gasteiger partial charge is 0.490 e. The highest BCUT2D eigenvalue weighted by atomic mass is 19.4. The van der Waals surface area contributed by atoms with E-state index in [0.717, 1.165) is 23.2 Å². The first-order valence-corrected chi connectivity index (χ1v) is 11.2. The fraction of sp³-hybridized carbons (Fsp3) is 0.478. The van der Waals surface area contributed by atoms with Gasteiger partial charge in [-0.2, -0.15) is 23.7 Å². The summed E-state index contributed by atoms with van der Waals surface area (Å²) in [6.07, 6.45) is 1.29.